The van der Waals surface area contributed by atoms with Crippen LogP contribution in [0.3, 0.4) is 0 Å². The highest BCUT2D eigenvalue weighted by Crippen LogP contribution is 2.25. The molecule has 0 amide bonds. The Morgan fingerprint density at radius 2 is 2.15 bits per heavy atom. The fraction of sp³-hybridized carbons (Fsp3) is 0.538. The predicted octanol–water partition coefficient (Wildman–Crippen LogP) is 1.57. The number of hydrogen-bond donors (Lipinski definition) is 2. The molecule has 0 bridgehead atoms. The molecule has 0 radical (unpaired) electrons. The standard InChI is InChI=1S/C13H22N2O3S2/c1-4-19-9-10(2)15-20(16,17)13-6-5-11(8-14)7-12(13)18-3/h5-7,10,15H,4,8-9,14H2,1-3H3. The molecule has 0 aromatic heterocycles. The minimum absolute atomic E-state index is 0.135. The number of nitrogens with two attached hydrogens (primary N) is 1. The summed E-state index contributed by atoms with van der Waals surface area (Å²) in [5.41, 5.74) is 6.37. The lowest BCUT2D eigenvalue weighted by Gasteiger charge is -2.16. The lowest BCUT2D eigenvalue weighted by Crippen LogP contribution is -2.34. The maximum atomic E-state index is 12.4. The van der Waals surface area contributed by atoms with E-state index in [1.807, 2.05) is 13.8 Å². The smallest absolute Gasteiger partial charge is 0.244 e. The summed E-state index contributed by atoms with van der Waals surface area (Å²) in [5, 5.41) is 0. The first-order valence-corrected chi connectivity index (χ1v) is 9.05. The average Bonchev–Trinajstić information content (AvgIpc) is 2.43. The van der Waals surface area contributed by atoms with Crippen LogP contribution in [0.15, 0.2) is 23.1 Å². The summed E-state index contributed by atoms with van der Waals surface area (Å²) in [5.74, 6) is 2.01. The molecule has 114 valence electrons. The average molecular weight is 318 g/mol. The van der Waals surface area contributed by atoms with Gasteiger partial charge in [0.15, 0.2) is 0 Å². The van der Waals surface area contributed by atoms with Crippen molar-refractivity contribution in [1.29, 1.82) is 0 Å². The Labute approximate surface area is 125 Å². The van der Waals surface area contributed by atoms with Gasteiger partial charge in [0.05, 0.1) is 7.11 Å². The van der Waals surface area contributed by atoms with Crippen molar-refractivity contribution in [2.75, 3.05) is 18.6 Å². The molecule has 0 saturated heterocycles. The lowest BCUT2D eigenvalue weighted by atomic mass is 10.2. The molecule has 1 unspecified atom stereocenters. The summed E-state index contributed by atoms with van der Waals surface area (Å²) in [6.45, 7) is 4.23. The van der Waals surface area contributed by atoms with Crippen LogP contribution < -0.4 is 15.2 Å². The SMILES string of the molecule is CCSCC(C)NS(=O)(=O)c1ccc(CN)cc1OC. The third-order valence-corrected chi connectivity index (χ3v) is 5.45. The van der Waals surface area contributed by atoms with Crippen molar-refractivity contribution in [3.05, 3.63) is 23.8 Å². The highest BCUT2D eigenvalue weighted by atomic mass is 32.2. The number of thioether (sulfide) groups is 1. The summed E-state index contributed by atoms with van der Waals surface area (Å²) in [7, 11) is -2.14. The van der Waals surface area contributed by atoms with Crippen LogP contribution in [-0.2, 0) is 16.6 Å². The molecule has 7 heteroatoms. The summed E-state index contributed by atoms with van der Waals surface area (Å²) >= 11 is 1.69. The second kappa shape index (κ2) is 7.87. The van der Waals surface area contributed by atoms with Crippen LogP contribution in [0.2, 0.25) is 0 Å². The molecule has 0 fully saturated rings. The Kier molecular flexibility index (Phi) is 6.81. The molecule has 1 aromatic carbocycles. The number of nitrogens with one attached hydrogen (secondary N) is 1. The van der Waals surface area contributed by atoms with Gasteiger partial charge < -0.3 is 10.5 Å². The van der Waals surface area contributed by atoms with Gasteiger partial charge in [-0.3, -0.25) is 0 Å². The van der Waals surface area contributed by atoms with E-state index in [4.69, 9.17) is 10.5 Å². The molecule has 1 rings (SSSR count). The fourth-order valence-corrected chi connectivity index (χ4v) is 3.89. The van der Waals surface area contributed by atoms with Crippen LogP contribution in [0.25, 0.3) is 0 Å². The zero-order chi connectivity index (χ0) is 15.2. The molecule has 1 atom stereocenters. The quantitative estimate of drug-likeness (QED) is 0.760. The Bertz CT molecular complexity index is 532. The van der Waals surface area contributed by atoms with Crippen molar-refractivity contribution in [1.82, 2.24) is 4.72 Å². The van der Waals surface area contributed by atoms with Gasteiger partial charge in [-0.1, -0.05) is 13.0 Å². The third kappa shape index (κ3) is 4.66. The Hall–Kier alpha value is -0.760. The van der Waals surface area contributed by atoms with Crippen molar-refractivity contribution in [3.8, 4) is 5.75 Å². The molecule has 5 nitrogen and oxygen atoms in total. The number of benzene rings is 1. The molecule has 20 heavy (non-hydrogen) atoms. The maximum absolute atomic E-state index is 12.4. The first kappa shape index (κ1) is 17.3. The van der Waals surface area contributed by atoms with E-state index in [9.17, 15) is 8.42 Å². The summed E-state index contributed by atoms with van der Waals surface area (Å²) in [6.07, 6.45) is 0. The van der Waals surface area contributed by atoms with E-state index in [2.05, 4.69) is 4.72 Å². The van der Waals surface area contributed by atoms with Crippen LogP contribution in [0.1, 0.15) is 19.4 Å². The Morgan fingerprint density at radius 3 is 2.70 bits per heavy atom. The zero-order valence-corrected chi connectivity index (χ0v) is 13.7. The van der Waals surface area contributed by atoms with Crippen molar-refractivity contribution in [2.24, 2.45) is 5.73 Å². The first-order valence-electron chi connectivity index (χ1n) is 6.41. The normalized spacial score (nSPS) is 13.2. The largest absolute Gasteiger partial charge is 0.495 e. The minimum Gasteiger partial charge on any atom is -0.495 e. The van der Waals surface area contributed by atoms with E-state index in [0.717, 1.165) is 17.1 Å². The Balaban J connectivity index is 2.97. The van der Waals surface area contributed by atoms with Gasteiger partial charge in [0.25, 0.3) is 0 Å². The van der Waals surface area contributed by atoms with Crippen LogP contribution in [0.4, 0.5) is 0 Å². The van der Waals surface area contributed by atoms with E-state index in [1.54, 1.807) is 23.9 Å². The van der Waals surface area contributed by atoms with Gasteiger partial charge >= 0.3 is 0 Å². The van der Waals surface area contributed by atoms with Crippen molar-refractivity contribution in [2.45, 2.75) is 31.3 Å². The topological polar surface area (TPSA) is 81.4 Å². The number of rotatable bonds is 8. The van der Waals surface area contributed by atoms with Crippen molar-refractivity contribution >= 4 is 21.8 Å². The molecule has 0 aliphatic rings. The zero-order valence-electron chi connectivity index (χ0n) is 12.0. The highest BCUT2D eigenvalue weighted by Gasteiger charge is 2.21. The highest BCUT2D eigenvalue weighted by molar-refractivity contribution is 7.99. The Morgan fingerprint density at radius 1 is 1.45 bits per heavy atom. The van der Waals surface area contributed by atoms with Gasteiger partial charge in [-0.2, -0.15) is 11.8 Å². The fourth-order valence-electron chi connectivity index (χ4n) is 1.72. The van der Waals surface area contributed by atoms with Crippen LogP contribution in [0.5, 0.6) is 5.75 Å². The van der Waals surface area contributed by atoms with Crippen molar-refractivity contribution in [3.63, 3.8) is 0 Å². The second-order valence-electron chi connectivity index (χ2n) is 4.37. The van der Waals surface area contributed by atoms with E-state index in [-0.39, 0.29) is 10.9 Å². The minimum atomic E-state index is -3.59. The van der Waals surface area contributed by atoms with Gasteiger partial charge in [-0.25, -0.2) is 13.1 Å². The monoisotopic (exact) mass is 318 g/mol. The lowest BCUT2D eigenvalue weighted by molar-refractivity contribution is 0.401. The molecule has 1 aromatic rings. The van der Waals surface area contributed by atoms with E-state index in [1.165, 1.54) is 13.2 Å². The summed E-state index contributed by atoms with van der Waals surface area (Å²) < 4.78 is 32.5. The van der Waals surface area contributed by atoms with Crippen LogP contribution in [-0.4, -0.2) is 33.1 Å². The molecule has 0 aliphatic carbocycles. The summed E-state index contributed by atoms with van der Waals surface area (Å²) in [4.78, 5) is 0.144. The van der Waals surface area contributed by atoms with Gasteiger partial charge in [0.1, 0.15) is 10.6 Å². The molecule has 0 saturated carbocycles. The number of hydrogen-bond acceptors (Lipinski definition) is 5. The number of methoxy groups -OCH3 is 1. The van der Waals surface area contributed by atoms with E-state index in [0.29, 0.717) is 12.3 Å². The molecule has 0 heterocycles. The molecular weight excluding hydrogens is 296 g/mol. The van der Waals surface area contributed by atoms with Gasteiger partial charge in [0.2, 0.25) is 10.0 Å². The van der Waals surface area contributed by atoms with Gasteiger partial charge in [-0.05, 0) is 30.4 Å². The molecule has 0 spiro atoms. The van der Waals surface area contributed by atoms with Crippen LogP contribution >= 0.6 is 11.8 Å². The van der Waals surface area contributed by atoms with Gasteiger partial charge in [-0.15, -0.1) is 0 Å². The summed E-state index contributed by atoms with van der Waals surface area (Å²) in [6, 6.07) is 4.75. The predicted molar refractivity (Wildman–Crippen MR) is 83.7 cm³/mol. The van der Waals surface area contributed by atoms with E-state index >= 15 is 0 Å². The number of sulfonamides is 1. The van der Waals surface area contributed by atoms with E-state index < -0.39 is 10.0 Å². The second-order valence-corrected chi connectivity index (χ2v) is 7.37. The molecule has 3 N–H and O–H groups in total. The van der Waals surface area contributed by atoms with Crippen LogP contribution in [0, 0.1) is 0 Å². The molecular formula is C13H22N2O3S2. The maximum Gasteiger partial charge on any atom is 0.244 e. The van der Waals surface area contributed by atoms with Crippen molar-refractivity contribution < 1.29 is 13.2 Å². The molecule has 0 aliphatic heterocycles. The van der Waals surface area contributed by atoms with Gasteiger partial charge in [0, 0.05) is 18.3 Å². The first-order chi connectivity index (χ1) is 9.44. The number of ether oxygens (including phenoxy) is 1. The third-order valence-electron chi connectivity index (χ3n) is 2.68.